The Bertz CT molecular complexity index is 1820. The number of epoxide rings is 1. The minimum absolute atomic E-state index is 0.0296. The molecule has 4 amide bonds. The van der Waals surface area contributed by atoms with Crippen LogP contribution in [0, 0.1) is 11.8 Å². The van der Waals surface area contributed by atoms with E-state index in [2.05, 4.69) is 10.6 Å². The number of hydrogen-bond donors (Lipinski definition) is 4. The van der Waals surface area contributed by atoms with Crippen molar-refractivity contribution in [2.75, 3.05) is 38.4 Å². The fourth-order valence-corrected chi connectivity index (χ4v) is 9.82. The predicted octanol–water partition coefficient (Wildman–Crippen LogP) is 4.60. The molecule has 1 aromatic rings. The van der Waals surface area contributed by atoms with Crippen LogP contribution in [-0.2, 0) is 39.8 Å². The number of carbonyl (C=O) groups is 6. The van der Waals surface area contributed by atoms with Crippen LogP contribution >= 0.6 is 33.2 Å². The van der Waals surface area contributed by atoms with E-state index in [4.69, 9.17) is 25.8 Å². The van der Waals surface area contributed by atoms with Gasteiger partial charge in [-0.3, -0.25) is 24.5 Å². The molecule has 9 atom stereocenters. The maximum absolute atomic E-state index is 14.2. The van der Waals surface area contributed by atoms with Crippen LogP contribution in [0.25, 0.3) is 0 Å². The third-order valence-electron chi connectivity index (χ3n) is 11.3. The van der Waals surface area contributed by atoms with Gasteiger partial charge in [0.25, 0.3) is 0 Å². The highest BCUT2D eigenvalue weighted by Crippen LogP contribution is 2.49. The molecular weight excluding hydrogens is 824 g/mol. The molecule has 59 heavy (non-hydrogen) atoms. The number of amides is 4. The number of aliphatic hydroxyl groups is 2. The van der Waals surface area contributed by atoms with E-state index < -0.39 is 72.1 Å². The number of benzene rings is 1. The third kappa shape index (κ3) is 12.0. The Kier molecular flexibility index (Phi) is 16.9. The Morgan fingerprint density at radius 2 is 1.95 bits per heavy atom. The number of likely N-dealkylation sites (N-methyl/N-ethyl adjacent to an activating group) is 1. The van der Waals surface area contributed by atoms with Gasteiger partial charge in [-0.1, -0.05) is 70.8 Å². The summed E-state index contributed by atoms with van der Waals surface area (Å²) in [7, 11) is 7.69. The zero-order valence-electron chi connectivity index (χ0n) is 34.8. The molecule has 2 saturated heterocycles. The first-order valence-corrected chi connectivity index (χ1v) is 22.4. The van der Waals surface area contributed by atoms with Crippen molar-refractivity contribution in [1.82, 2.24) is 15.5 Å². The Morgan fingerprint density at radius 1 is 1.24 bits per heavy atom. The lowest BCUT2D eigenvalue weighted by Gasteiger charge is -2.42. The summed E-state index contributed by atoms with van der Waals surface area (Å²) in [5.41, 5.74) is -1.24. The molecular formula is C41H57ClN4O11S2. The highest BCUT2D eigenvalue weighted by atomic mass is 35.5. The molecule has 15 nitrogen and oxygen atoms in total. The highest BCUT2D eigenvalue weighted by Gasteiger charge is 2.64. The fraction of sp³-hybridized carbons (Fsp3) is 0.610. The van der Waals surface area contributed by atoms with E-state index >= 15 is 0 Å². The lowest BCUT2D eigenvalue weighted by atomic mass is 9.81. The summed E-state index contributed by atoms with van der Waals surface area (Å²) < 4.78 is 18.0. The fourth-order valence-electron chi connectivity index (χ4n) is 7.21. The number of alkyl carbamates (subject to hydrolysis) is 1. The molecule has 4 rings (SSSR count). The number of fused-ring (bicyclic) bond motifs is 5. The first-order valence-electron chi connectivity index (χ1n) is 19.6. The standard InChI is InChI=1S/C41H57ClN4O11S2/c1-23-10-9-11-29(22-48)41(54)20-31(55-39(53)44-41)25(3)37-40(5,57-37)32(19-35(51)46(8)30-18-27(16-23)17-28(21-47)36(30)42)56-38(52)26(4)45(7)34(50)14-15-58-59-24(2)12-13-33(49)43-6/h9-11,17-18,21,24-26,29,31-32,37,48,54H,12-16,19-20,22H2,1-8H3,(H,43,49)(H,44,53)/b11-9+,23-10+/t24?,25-,26+,29+,31+,32+,37+,40+,41+/m1/s1. The van der Waals surface area contributed by atoms with Gasteiger partial charge in [-0.05, 0) is 51.3 Å². The van der Waals surface area contributed by atoms with Crippen molar-refractivity contribution in [1.29, 1.82) is 0 Å². The molecule has 0 saturated carbocycles. The van der Waals surface area contributed by atoms with Gasteiger partial charge in [0.2, 0.25) is 17.7 Å². The number of halogens is 1. The second kappa shape index (κ2) is 20.8. The summed E-state index contributed by atoms with van der Waals surface area (Å²) >= 11 is 6.67. The number of hydrogen-bond acceptors (Lipinski definition) is 13. The maximum Gasteiger partial charge on any atom is 0.409 e. The first kappa shape index (κ1) is 48.1. The number of aliphatic hydroxyl groups excluding tert-OH is 1. The lowest BCUT2D eigenvalue weighted by Crippen LogP contribution is -2.62. The monoisotopic (exact) mass is 880 g/mol. The number of nitrogens with one attached hydrogen (secondary N) is 2. The van der Waals surface area contributed by atoms with Crippen molar-refractivity contribution in [2.45, 2.75) is 114 Å². The van der Waals surface area contributed by atoms with Crippen molar-refractivity contribution in [3.8, 4) is 0 Å². The third-order valence-corrected chi connectivity index (χ3v) is 14.7. The van der Waals surface area contributed by atoms with E-state index in [1.807, 2.05) is 13.8 Å². The van der Waals surface area contributed by atoms with Crippen LogP contribution in [0.2, 0.25) is 5.02 Å². The van der Waals surface area contributed by atoms with Crippen molar-refractivity contribution < 1.29 is 53.2 Å². The molecule has 3 aliphatic heterocycles. The molecule has 326 valence electrons. The summed E-state index contributed by atoms with van der Waals surface area (Å²) in [5, 5.41) is 27.4. The van der Waals surface area contributed by atoms with Crippen LogP contribution in [0.15, 0.2) is 35.9 Å². The molecule has 3 heterocycles. The second-order valence-electron chi connectivity index (χ2n) is 15.7. The van der Waals surface area contributed by atoms with Gasteiger partial charge in [0.05, 0.1) is 29.8 Å². The smallest absolute Gasteiger partial charge is 0.409 e. The molecule has 3 aliphatic rings. The van der Waals surface area contributed by atoms with Gasteiger partial charge in [0.1, 0.15) is 23.9 Å². The largest absolute Gasteiger partial charge is 0.457 e. The van der Waals surface area contributed by atoms with Gasteiger partial charge in [-0.2, -0.15) is 0 Å². The van der Waals surface area contributed by atoms with Crippen molar-refractivity contribution in [3.63, 3.8) is 0 Å². The number of esters is 1. The molecule has 0 spiro atoms. The molecule has 0 aromatic heterocycles. The topological polar surface area (TPSA) is 204 Å². The molecule has 18 heteroatoms. The molecule has 2 fully saturated rings. The van der Waals surface area contributed by atoms with Gasteiger partial charge in [-0.25, -0.2) is 9.59 Å². The number of aldehydes is 1. The van der Waals surface area contributed by atoms with Crippen LogP contribution in [0.1, 0.15) is 82.6 Å². The first-order chi connectivity index (χ1) is 27.8. The van der Waals surface area contributed by atoms with Gasteiger partial charge in [0, 0.05) is 68.8 Å². The van der Waals surface area contributed by atoms with Crippen LogP contribution < -0.4 is 15.5 Å². The summed E-state index contributed by atoms with van der Waals surface area (Å²) in [5.74, 6) is -2.65. The van der Waals surface area contributed by atoms with Crippen molar-refractivity contribution >= 4 is 74.9 Å². The summed E-state index contributed by atoms with van der Waals surface area (Å²) in [6.07, 6.45) is 3.00. The van der Waals surface area contributed by atoms with E-state index in [0.717, 1.165) is 5.57 Å². The van der Waals surface area contributed by atoms with E-state index in [0.29, 0.717) is 36.9 Å². The average molecular weight is 882 g/mol. The van der Waals surface area contributed by atoms with E-state index in [-0.39, 0.29) is 52.6 Å². The summed E-state index contributed by atoms with van der Waals surface area (Å²) in [6.45, 7) is 8.32. The Labute approximate surface area is 358 Å². The van der Waals surface area contributed by atoms with Crippen LogP contribution in [0.3, 0.4) is 0 Å². The van der Waals surface area contributed by atoms with Crippen molar-refractivity contribution in [3.05, 3.63) is 52.1 Å². The van der Waals surface area contributed by atoms with Gasteiger partial charge in [-0.15, -0.1) is 0 Å². The van der Waals surface area contributed by atoms with Gasteiger partial charge < -0.3 is 39.5 Å². The van der Waals surface area contributed by atoms with Crippen LogP contribution in [0.5, 0.6) is 0 Å². The number of ether oxygens (including phenoxy) is 3. The molecule has 1 aromatic carbocycles. The Morgan fingerprint density at radius 3 is 2.61 bits per heavy atom. The zero-order chi connectivity index (χ0) is 43.8. The normalized spacial score (nSPS) is 29.6. The second-order valence-corrected chi connectivity index (χ2v) is 19.0. The predicted molar refractivity (Wildman–Crippen MR) is 227 cm³/mol. The number of anilines is 1. The van der Waals surface area contributed by atoms with Gasteiger partial charge >= 0.3 is 12.1 Å². The molecule has 0 aliphatic carbocycles. The Balaban J connectivity index is 1.61. The highest BCUT2D eigenvalue weighted by molar-refractivity contribution is 8.76. The molecule has 4 N–H and O–H groups in total. The summed E-state index contributed by atoms with van der Waals surface area (Å²) in [4.78, 5) is 80.4. The van der Waals surface area contributed by atoms with Crippen LogP contribution in [-0.4, -0.2) is 126 Å². The number of nitrogens with zero attached hydrogens (tertiary/aromatic N) is 2. The summed E-state index contributed by atoms with van der Waals surface area (Å²) in [6, 6.07) is 2.28. The van der Waals surface area contributed by atoms with E-state index in [1.54, 1.807) is 62.0 Å². The maximum atomic E-state index is 14.2. The molecule has 4 bridgehead atoms. The number of carbonyl (C=O) groups excluding carboxylic acids is 6. The minimum Gasteiger partial charge on any atom is -0.457 e. The van der Waals surface area contributed by atoms with Gasteiger partial charge in [0.15, 0.2) is 12.0 Å². The zero-order valence-corrected chi connectivity index (χ0v) is 37.2. The average Bonchev–Trinajstić information content (AvgIpc) is 3.90. The molecule has 1 unspecified atom stereocenters. The van der Waals surface area contributed by atoms with Crippen LogP contribution in [0.4, 0.5) is 10.5 Å². The minimum atomic E-state index is -1.89. The molecule has 0 radical (unpaired) electrons. The van der Waals surface area contributed by atoms with E-state index in [9.17, 15) is 39.0 Å². The number of allylic oxidation sites excluding steroid dienone is 3. The number of rotatable bonds is 13. The quantitative estimate of drug-likeness (QED) is 0.0705. The van der Waals surface area contributed by atoms with E-state index in [1.165, 1.54) is 41.6 Å². The van der Waals surface area contributed by atoms with Crippen molar-refractivity contribution in [2.24, 2.45) is 11.8 Å². The Hall–Kier alpha value is -3.61. The SMILES string of the molecule is CNC(=O)CCC(C)SSCCC(=O)N(C)[C@@H](C)C(=O)O[C@H]1CC(=O)N(C)c2cc(cc(C=O)c2Cl)C/C(C)=C/C=C/[C@@H](CO)[C@@]2(O)C[C@H](OC(=O)N2)[C@@H](C)[C@@H]2O[C@@]12C. The lowest BCUT2D eigenvalue weighted by molar-refractivity contribution is -0.161.